The SMILES string of the molecule is CC(=O)c1cc(C(=O)C2=CN(CC(C)C)CCC2(C)C)cc(C(=O)C2=CN(CC(C)C)CCC2(C)C)c1. The second kappa shape index (κ2) is 11.0. The summed E-state index contributed by atoms with van der Waals surface area (Å²) < 4.78 is 0. The molecule has 0 bridgehead atoms. The van der Waals surface area contributed by atoms with E-state index < -0.39 is 0 Å². The van der Waals surface area contributed by atoms with Crippen LogP contribution < -0.4 is 0 Å². The molecule has 1 aromatic rings. The van der Waals surface area contributed by atoms with Crippen molar-refractivity contribution >= 4 is 17.3 Å². The number of Topliss-reactive ketones (excluding diaryl/α,β-unsaturated/α-hetero) is 3. The van der Waals surface area contributed by atoms with E-state index in [1.807, 2.05) is 12.4 Å². The highest BCUT2D eigenvalue weighted by atomic mass is 16.1. The molecule has 5 heteroatoms. The first-order valence-corrected chi connectivity index (χ1v) is 13.8. The maximum Gasteiger partial charge on any atom is 0.191 e. The van der Waals surface area contributed by atoms with Gasteiger partial charge in [0.05, 0.1) is 0 Å². The first-order valence-electron chi connectivity index (χ1n) is 13.8. The molecule has 0 unspecified atom stereocenters. The molecular weight excluding hydrogens is 460 g/mol. The van der Waals surface area contributed by atoms with Crippen LogP contribution >= 0.6 is 0 Å². The molecule has 2 aliphatic rings. The van der Waals surface area contributed by atoms with Crippen LogP contribution in [-0.2, 0) is 0 Å². The van der Waals surface area contributed by atoms with Crippen LogP contribution in [0.25, 0.3) is 0 Å². The van der Waals surface area contributed by atoms with Crippen LogP contribution in [0.15, 0.2) is 41.7 Å². The molecule has 5 nitrogen and oxygen atoms in total. The van der Waals surface area contributed by atoms with Gasteiger partial charge in [0.25, 0.3) is 0 Å². The Labute approximate surface area is 224 Å². The Balaban J connectivity index is 2.06. The monoisotopic (exact) mass is 506 g/mol. The second-order valence-corrected chi connectivity index (χ2v) is 13.1. The summed E-state index contributed by atoms with van der Waals surface area (Å²) in [6.45, 7) is 22.2. The molecular formula is C32H46N2O3. The number of benzene rings is 1. The summed E-state index contributed by atoms with van der Waals surface area (Å²) in [6, 6.07) is 5.02. The highest BCUT2D eigenvalue weighted by Crippen LogP contribution is 2.39. The predicted molar refractivity (Wildman–Crippen MR) is 151 cm³/mol. The van der Waals surface area contributed by atoms with Gasteiger partial charge in [-0.05, 0) is 60.6 Å². The van der Waals surface area contributed by atoms with E-state index in [2.05, 4.69) is 65.2 Å². The minimum Gasteiger partial charge on any atom is -0.377 e. The molecule has 0 N–H and O–H groups in total. The van der Waals surface area contributed by atoms with Crippen molar-refractivity contribution < 1.29 is 14.4 Å². The molecule has 0 saturated carbocycles. The first-order chi connectivity index (χ1) is 17.1. The summed E-state index contributed by atoms with van der Waals surface area (Å²) >= 11 is 0. The third-order valence-corrected chi connectivity index (χ3v) is 7.68. The maximum atomic E-state index is 13.9. The molecule has 0 aliphatic carbocycles. The Morgan fingerprint density at radius 2 is 1.05 bits per heavy atom. The summed E-state index contributed by atoms with van der Waals surface area (Å²) in [7, 11) is 0. The average Bonchev–Trinajstić information content (AvgIpc) is 2.79. The van der Waals surface area contributed by atoms with Crippen LogP contribution in [0.5, 0.6) is 0 Å². The van der Waals surface area contributed by atoms with E-state index in [4.69, 9.17) is 0 Å². The first kappa shape index (κ1) is 28.9. The third-order valence-electron chi connectivity index (χ3n) is 7.68. The van der Waals surface area contributed by atoms with Gasteiger partial charge in [0.15, 0.2) is 17.3 Å². The fourth-order valence-corrected chi connectivity index (χ4v) is 5.32. The quantitative estimate of drug-likeness (QED) is 0.345. The molecule has 37 heavy (non-hydrogen) atoms. The molecule has 0 aromatic heterocycles. The number of carbonyl (C=O) groups is 3. The Morgan fingerprint density at radius 3 is 1.38 bits per heavy atom. The van der Waals surface area contributed by atoms with Crippen molar-refractivity contribution in [1.29, 1.82) is 0 Å². The fraction of sp³-hybridized carbons (Fsp3) is 0.594. The van der Waals surface area contributed by atoms with Crippen molar-refractivity contribution in [2.75, 3.05) is 26.2 Å². The number of hydrogen-bond acceptors (Lipinski definition) is 5. The number of rotatable bonds is 9. The molecule has 202 valence electrons. The molecule has 2 aliphatic heterocycles. The van der Waals surface area contributed by atoms with E-state index in [9.17, 15) is 14.4 Å². The lowest BCUT2D eigenvalue weighted by Gasteiger charge is -2.38. The van der Waals surface area contributed by atoms with Crippen molar-refractivity contribution in [2.45, 2.75) is 75.2 Å². The van der Waals surface area contributed by atoms with Gasteiger partial charge in [-0.25, -0.2) is 0 Å². The summed E-state index contributed by atoms with van der Waals surface area (Å²) in [5, 5.41) is 0. The van der Waals surface area contributed by atoms with Crippen LogP contribution in [0.3, 0.4) is 0 Å². The van der Waals surface area contributed by atoms with Crippen LogP contribution in [0.2, 0.25) is 0 Å². The number of nitrogens with zero attached hydrogens (tertiary/aromatic N) is 2. The number of carbonyl (C=O) groups excluding carboxylic acids is 3. The fourth-order valence-electron chi connectivity index (χ4n) is 5.32. The lowest BCUT2D eigenvalue weighted by Crippen LogP contribution is -2.37. The minimum absolute atomic E-state index is 0.103. The van der Waals surface area contributed by atoms with Crippen LogP contribution in [0.4, 0.5) is 0 Å². The van der Waals surface area contributed by atoms with Gasteiger partial charge in [-0.1, -0.05) is 55.4 Å². The zero-order chi connectivity index (χ0) is 27.7. The molecule has 0 amide bonds. The zero-order valence-corrected chi connectivity index (χ0v) is 24.4. The largest absolute Gasteiger partial charge is 0.377 e. The third kappa shape index (κ3) is 6.80. The summed E-state index contributed by atoms with van der Waals surface area (Å²) in [5.74, 6) is 0.617. The van der Waals surface area contributed by atoms with Gasteiger partial charge in [-0.15, -0.1) is 0 Å². The lowest BCUT2D eigenvalue weighted by atomic mass is 9.74. The van der Waals surface area contributed by atoms with Gasteiger partial charge in [0, 0.05) is 66.4 Å². The topological polar surface area (TPSA) is 57.7 Å². The van der Waals surface area contributed by atoms with E-state index in [1.54, 1.807) is 18.2 Å². The summed E-state index contributed by atoms with van der Waals surface area (Å²) in [6.07, 6.45) is 5.76. The molecule has 2 heterocycles. The number of hydrogen-bond donors (Lipinski definition) is 0. The van der Waals surface area contributed by atoms with Crippen molar-refractivity contribution in [3.8, 4) is 0 Å². The van der Waals surface area contributed by atoms with Gasteiger partial charge >= 0.3 is 0 Å². The van der Waals surface area contributed by atoms with Gasteiger partial charge in [-0.3, -0.25) is 14.4 Å². The molecule has 0 saturated heterocycles. The van der Waals surface area contributed by atoms with E-state index in [-0.39, 0.29) is 28.2 Å². The summed E-state index contributed by atoms with van der Waals surface area (Å²) in [4.78, 5) is 44.8. The molecule has 0 fully saturated rings. The van der Waals surface area contributed by atoms with Crippen LogP contribution in [0.1, 0.15) is 106 Å². The van der Waals surface area contributed by atoms with Crippen molar-refractivity contribution in [3.63, 3.8) is 0 Å². The number of allylic oxidation sites excluding steroid dienone is 2. The Bertz CT molecular complexity index is 1040. The maximum absolute atomic E-state index is 13.9. The highest BCUT2D eigenvalue weighted by molar-refractivity contribution is 6.15. The van der Waals surface area contributed by atoms with Gasteiger partial charge in [0.2, 0.25) is 0 Å². The lowest BCUT2D eigenvalue weighted by molar-refractivity contribution is 0.0985. The normalized spacial score (nSPS) is 19.1. The minimum atomic E-state index is -0.286. The van der Waals surface area contributed by atoms with E-state index in [1.165, 1.54) is 6.92 Å². The smallest absolute Gasteiger partial charge is 0.191 e. The van der Waals surface area contributed by atoms with Gasteiger partial charge < -0.3 is 9.80 Å². The molecule has 0 spiro atoms. The Kier molecular flexibility index (Phi) is 8.56. The molecule has 3 rings (SSSR count). The Hall–Kier alpha value is -2.69. The summed E-state index contributed by atoms with van der Waals surface area (Å²) in [5.41, 5.74) is 2.12. The van der Waals surface area contributed by atoms with Crippen molar-refractivity contribution in [3.05, 3.63) is 58.4 Å². The van der Waals surface area contributed by atoms with E-state index >= 15 is 0 Å². The van der Waals surface area contributed by atoms with E-state index in [0.29, 0.717) is 28.5 Å². The zero-order valence-electron chi connectivity index (χ0n) is 24.4. The van der Waals surface area contributed by atoms with Gasteiger partial charge in [0.1, 0.15) is 0 Å². The average molecular weight is 507 g/mol. The number of ketones is 3. The Morgan fingerprint density at radius 1 is 0.703 bits per heavy atom. The molecule has 0 atom stereocenters. The second-order valence-electron chi connectivity index (χ2n) is 13.1. The van der Waals surface area contributed by atoms with Gasteiger partial charge in [-0.2, -0.15) is 0 Å². The predicted octanol–water partition coefficient (Wildman–Crippen LogP) is 6.80. The van der Waals surface area contributed by atoms with Crippen LogP contribution in [-0.4, -0.2) is 53.3 Å². The van der Waals surface area contributed by atoms with Crippen molar-refractivity contribution in [2.24, 2.45) is 22.7 Å². The molecule has 0 radical (unpaired) electrons. The highest BCUT2D eigenvalue weighted by Gasteiger charge is 2.36. The van der Waals surface area contributed by atoms with Crippen molar-refractivity contribution in [1.82, 2.24) is 9.80 Å². The standard InChI is InChI=1S/C32H46N2O3/c1-21(2)17-33-12-10-31(6,7)27(19-33)29(36)25-14-24(23(5)35)15-26(16-25)30(37)28-20-34(18-22(3)4)13-11-32(28,8)9/h14-16,19-22H,10-13,17-18H2,1-9H3. The molecule has 1 aromatic carbocycles. The van der Waals surface area contributed by atoms with E-state index in [0.717, 1.165) is 50.2 Å². The van der Waals surface area contributed by atoms with Crippen LogP contribution in [0, 0.1) is 22.7 Å².